The summed E-state index contributed by atoms with van der Waals surface area (Å²) in [7, 11) is 0. The van der Waals surface area contributed by atoms with E-state index >= 15 is 0 Å². The fraction of sp³-hybridized carbons (Fsp3) is 0.333. The lowest BCUT2D eigenvalue weighted by molar-refractivity contribution is -0.144. The Bertz CT molecular complexity index is 1300. The normalized spacial score (nSPS) is 14.4. The molecule has 226 valence electrons. The molecule has 0 spiro atoms. The Morgan fingerprint density at radius 2 is 1.51 bits per heavy atom. The summed E-state index contributed by atoms with van der Waals surface area (Å²) in [6.45, 7) is 1.06. The van der Waals surface area contributed by atoms with Gasteiger partial charge in [-0.3, -0.25) is 9.59 Å². The van der Waals surface area contributed by atoms with Gasteiger partial charge in [0.2, 0.25) is 5.91 Å². The van der Waals surface area contributed by atoms with Gasteiger partial charge in [-0.05, 0) is 58.8 Å². The maximum absolute atomic E-state index is 15.0. The molecule has 0 bridgehead atoms. The van der Waals surface area contributed by atoms with Crippen LogP contribution < -0.4 is 10.6 Å². The summed E-state index contributed by atoms with van der Waals surface area (Å²) < 4.78 is 134. The van der Waals surface area contributed by atoms with E-state index in [-0.39, 0.29) is 26.7 Å². The Labute approximate surface area is 244 Å². The number of alkyl halides is 9. The number of hydrogen-bond donors (Lipinski definition) is 2. The number of carbonyl (C=O) groups excluding carboxylic acids is 2. The second kappa shape index (κ2) is 13.2. The topological polar surface area (TPSA) is 58.2 Å². The van der Waals surface area contributed by atoms with E-state index in [2.05, 4.69) is 15.9 Å². The van der Waals surface area contributed by atoms with Crippen molar-refractivity contribution in [1.82, 2.24) is 10.6 Å². The predicted molar refractivity (Wildman–Crippen MR) is 134 cm³/mol. The lowest BCUT2D eigenvalue weighted by Crippen LogP contribution is -2.46. The fourth-order valence-corrected chi connectivity index (χ4v) is 4.11. The highest BCUT2D eigenvalue weighted by atomic mass is 79.9. The van der Waals surface area contributed by atoms with Crippen molar-refractivity contribution in [2.75, 3.05) is 0 Å². The first-order valence-corrected chi connectivity index (χ1v) is 12.6. The van der Waals surface area contributed by atoms with Gasteiger partial charge in [-0.25, -0.2) is 4.39 Å². The number of allylic oxidation sites excluding steroid dienone is 1. The van der Waals surface area contributed by atoms with Crippen molar-refractivity contribution >= 4 is 56.8 Å². The summed E-state index contributed by atoms with van der Waals surface area (Å²) in [4.78, 5) is 24.1. The van der Waals surface area contributed by atoms with Crippen LogP contribution in [-0.2, 0) is 11.0 Å². The Kier molecular flexibility index (Phi) is 11.2. The van der Waals surface area contributed by atoms with Gasteiger partial charge < -0.3 is 10.6 Å². The highest BCUT2D eigenvalue weighted by Crippen LogP contribution is 2.43. The molecule has 2 N–H and O–H groups in total. The van der Waals surface area contributed by atoms with E-state index in [1.54, 1.807) is 0 Å². The van der Waals surface area contributed by atoms with E-state index in [1.807, 2.05) is 10.6 Å². The average Bonchev–Trinajstić information content (AvgIpc) is 2.82. The summed E-state index contributed by atoms with van der Waals surface area (Å²) in [6, 6.07) is 2.92. The molecule has 0 aliphatic heterocycles. The number of halogens is 13. The van der Waals surface area contributed by atoms with E-state index in [0.717, 1.165) is 19.1 Å². The number of nitrogens with one attached hydrogen (secondary N) is 2. The Hall–Kier alpha value is -2.52. The Morgan fingerprint density at radius 3 is 2.00 bits per heavy atom. The second-order valence-corrected chi connectivity index (χ2v) is 10.1. The first-order chi connectivity index (χ1) is 18.6. The van der Waals surface area contributed by atoms with Crippen LogP contribution in [-0.4, -0.2) is 30.3 Å². The summed E-state index contributed by atoms with van der Waals surface area (Å²) in [5.41, 5.74) is -4.38. The molecular formula is C24H17BrCl2F10N2O2. The standard InChI is InChI=1S/C24H17BrCl2F10N2O2/c1-10(38-19(40)4-5-22(29,30)31)39-21(41)13-3-2-11(6-15(13)24(35,36)37)18(28)9-14(23(32,33)34)12-7-16(26)20(25)17(27)8-12/h2-3,6-10,14H,4-5H2,1H3,(H,38,40)(H,39,41)/b18-9-/t10-,14?/m1/s1. The van der Waals surface area contributed by atoms with Crippen LogP contribution in [0.2, 0.25) is 10.0 Å². The Balaban J connectivity index is 2.39. The Morgan fingerprint density at radius 1 is 0.951 bits per heavy atom. The van der Waals surface area contributed by atoms with Crippen LogP contribution in [0, 0.1) is 0 Å². The zero-order chi connectivity index (χ0) is 31.5. The number of carbonyl (C=O) groups is 2. The van der Waals surface area contributed by atoms with Crippen LogP contribution in [0.4, 0.5) is 43.9 Å². The van der Waals surface area contributed by atoms with E-state index in [1.165, 1.54) is 0 Å². The molecule has 2 rings (SSSR count). The van der Waals surface area contributed by atoms with Gasteiger partial charge in [0.25, 0.3) is 5.91 Å². The largest absolute Gasteiger partial charge is 0.417 e. The summed E-state index contributed by atoms with van der Waals surface area (Å²) in [6.07, 6.45) is -18.9. The van der Waals surface area contributed by atoms with Crippen LogP contribution in [0.3, 0.4) is 0 Å². The monoisotopic (exact) mass is 704 g/mol. The van der Waals surface area contributed by atoms with E-state index in [9.17, 15) is 53.5 Å². The molecule has 0 aliphatic carbocycles. The molecule has 41 heavy (non-hydrogen) atoms. The first kappa shape index (κ1) is 34.7. The van der Waals surface area contributed by atoms with Gasteiger partial charge in [-0.1, -0.05) is 29.3 Å². The van der Waals surface area contributed by atoms with Crippen molar-refractivity contribution in [2.24, 2.45) is 0 Å². The second-order valence-electron chi connectivity index (χ2n) is 8.47. The highest BCUT2D eigenvalue weighted by Gasteiger charge is 2.41. The minimum atomic E-state index is -5.29. The summed E-state index contributed by atoms with van der Waals surface area (Å²) >= 11 is 14.6. The highest BCUT2D eigenvalue weighted by molar-refractivity contribution is 9.10. The number of hydrogen-bond acceptors (Lipinski definition) is 2. The quantitative estimate of drug-likeness (QED) is 0.164. The molecule has 2 aromatic rings. The molecule has 0 aliphatic rings. The summed E-state index contributed by atoms with van der Waals surface area (Å²) in [5.74, 6) is -7.00. The van der Waals surface area contributed by atoms with Gasteiger partial charge in [-0.15, -0.1) is 0 Å². The SMILES string of the molecule is C[C@H](NC(=O)CCC(F)(F)F)NC(=O)c1ccc(/C(F)=C/C(c2cc(Cl)c(Br)c(Cl)c2)C(F)(F)F)cc1C(F)(F)F. The molecule has 0 saturated heterocycles. The lowest BCUT2D eigenvalue weighted by Gasteiger charge is -2.20. The zero-order valence-corrected chi connectivity index (χ0v) is 23.4. The van der Waals surface area contributed by atoms with Gasteiger partial charge >= 0.3 is 18.5 Å². The number of rotatable bonds is 8. The number of amides is 2. The third kappa shape index (κ3) is 10.1. The fourth-order valence-electron chi connectivity index (χ4n) is 3.38. The molecule has 2 atom stereocenters. The first-order valence-electron chi connectivity index (χ1n) is 11.1. The molecule has 2 amide bonds. The molecule has 0 aromatic heterocycles. The average molecular weight is 706 g/mol. The van der Waals surface area contributed by atoms with Crippen LogP contribution in [0.1, 0.15) is 52.7 Å². The lowest BCUT2D eigenvalue weighted by atomic mass is 9.95. The molecule has 0 saturated carbocycles. The van der Waals surface area contributed by atoms with Crippen LogP contribution in [0.15, 0.2) is 40.9 Å². The van der Waals surface area contributed by atoms with Crippen LogP contribution >= 0.6 is 39.1 Å². The smallest absolute Gasteiger partial charge is 0.336 e. The van der Waals surface area contributed by atoms with Gasteiger partial charge in [0, 0.05) is 12.0 Å². The molecule has 17 heteroatoms. The van der Waals surface area contributed by atoms with Crippen molar-refractivity contribution in [1.29, 1.82) is 0 Å². The predicted octanol–water partition coefficient (Wildman–Crippen LogP) is 8.97. The van der Waals surface area contributed by atoms with E-state index in [4.69, 9.17) is 23.2 Å². The molecule has 0 radical (unpaired) electrons. The van der Waals surface area contributed by atoms with E-state index in [0.29, 0.717) is 12.1 Å². The third-order valence-electron chi connectivity index (χ3n) is 5.24. The van der Waals surface area contributed by atoms with Crippen molar-refractivity contribution in [3.8, 4) is 0 Å². The van der Waals surface area contributed by atoms with Crippen molar-refractivity contribution in [2.45, 2.75) is 50.4 Å². The van der Waals surface area contributed by atoms with Gasteiger partial charge in [0.1, 0.15) is 11.7 Å². The van der Waals surface area contributed by atoms with Crippen molar-refractivity contribution in [3.05, 3.63) is 73.2 Å². The molecule has 1 unspecified atom stereocenters. The number of benzene rings is 2. The van der Waals surface area contributed by atoms with Gasteiger partial charge in [0.05, 0.1) is 38.2 Å². The molecular weight excluding hydrogens is 689 g/mol. The van der Waals surface area contributed by atoms with E-state index < -0.39 is 83.3 Å². The van der Waals surface area contributed by atoms with Crippen LogP contribution in [0.25, 0.3) is 5.83 Å². The molecule has 4 nitrogen and oxygen atoms in total. The molecule has 2 aromatic carbocycles. The minimum Gasteiger partial charge on any atom is -0.336 e. The van der Waals surface area contributed by atoms with Gasteiger partial charge in [-0.2, -0.15) is 39.5 Å². The maximum Gasteiger partial charge on any atom is 0.417 e. The van der Waals surface area contributed by atoms with Gasteiger partial charge in [0.15, 0.2) is 0 Å². The molecule has 0 heterocycles. The van der Waals surface area contributed by atoms with Crippen molar-refractivity contribution in [3.63, 3.8) is 0 Å². The minimum absolute atomic E-state index is 0.0175. The van der Waals surface area contributed by atoms with Crippen LogP contribution in [0.5, 0.6) is 0 Å². The maximum atomic E-state index is 15.0. The third-order valence-corrected chi connectivity index (χ3v) is 7.14. The summed E-state index contributed by atoms with van der Waals surface area (Å²) in [5, 5.41) is 3.41. The molecule has 0 fully saturated rings. The zero-order valence-electron chi connectivity index (χ0n) is 20.3. The van der Waals surface area contributed by atoms with Crippen molar-refractivity contribution < 1.29 is 53.5 Å².